The Kier molecular flexibility index (Phi) is 5.46. The van der Waals surface area contributed by atoms with Crippen molar-refractivity contribution in [3.63, 3.8) is 0 Å². The minimum atomic E-state index is -4.88. The zero-order chi connectivity index (χ0) is 23.7. The first-order valence-corrected chi connectivity index (χ1v) is 10.7. The highest BCUT2D eigenvalue weighted by Gasteiger charge is 2.31. The van der Waals surface area contributed by atoms with Crippen molar-refractivity contribution in [2.24, 2.45) is 0 Å². The fourth-order valence-corrected chi connectivity index (χ4v) is 3.93. The number of hydrogen-bond donors (Lipinski definition) is 1. The quantitative estimate of drug-likeness (QED) is 0.323. The van der Waals surface area contributed by atoms with Crippen molar-refractivity contribution in [3.8, 4) is 27.8 Å². The Balaban J connectivity index is 1.56. The van der Waals surface area contributed by atoms with E-state index in [1.807, 2.05) is 41.8 Å². The molecule has 5 aromatic rings. The fourth-order valence-electron chi connectivity index (χ4n) is 3.28. The Hall–Kier alpha value is -4.25. The maximum Gasteiger partial charge on any atom is 0.573 e. The third-order valence-corrected chi connectivity index (χ3v) is 5.56. The molecular formula is C23H13F3N4O3S. The van der Waals surface area contributed by atoms with Crippen LogP contribution in [0.5, 0.6) is 5.75 Å². The molecule has 0 spiro atoms. The van der Waals surface area contributed by atoms with E-state index in [9.17, 15) is 18.0 Å². The highest BCUT2D eigenvalue weighted by atomic mass is 32.1. The van der Waals surface area contributed by atoms with E-state index in [0.29, 0.717) is 11.2 Å². The summed E-state index contributed by atoms with van der Waals surface area (Å²) in [4.78, 5) is 18.4. The number of fused-ring (bicyclic) bond motifs is 1. The van der Waals surface area contributed by atoms with Gasteiger partial charge in [-0.3, -0.25) is 10.1 Å². The van der Waals surface area contributed by atoms with Crippen LogP contribution in [0.3, 0.4) is 0 Å². The van der Waals surface area contributed by atoms with Gasteiger partial charge in [-0.2, -0.15) is 0 Å². The first-order chi connectivity index (χ1) is 16.4. The molecule has 3 heterocycles. The summed E-state index contributed by atoms with van der Waals surface area (Å²) in [5.41, 5.74) is 1.57. The Morgan fingerprint density at radius 3 is 2.56 bits per heavy atom. The van der Waals surface area contributed by atoms with Crippen LogP contribution in [-0.4, -0.2) is 27.5 Å². The van der Waals surface area contributed by atoms with Crippen molar-refractivity contribution in [3.05, 3.63) is 77.7 Å². The number of amides is 1. The number of rotatable bonds is 5. The van der Waals surface area contributed by atoms with Gasteiger partial charge in [0.15, 0.2) is 0 Å². The van der Waals surface area contributed by atoms with Crippen molar-refractivity contribution >= 4 is 34.2 Å². The van der Waals surface area contributed by atoms with Gasteiger partial charge in [-0.15, -0.1) is 29.6 Å². The average Bonchev–Trinajstić information content (AvgIpc) is 3.50. The number of alkyl halides is 3. The lowest BCUT2D eigenvalue weighted by Gasteiger charge is -2.12. The molecule has 0 saturated heterocycles. The molecule has 0 aliphatic rings. The maximum absolute atomic E-state index is 13.2. The molecule has 5 rings (SSSR count). The van der Waals surface area contributed by atoms with Crippen LogP contribution in [0.2, 0.25) is 0 Å². The number of nitrogens with one attached hydrogen (secondary N) is 1. The van der Waals surface area contributed by atoms with Gasteiger partial charge < -0.3 is 9.15 Å². The Morgan fingerprint density at radius 2 is 1.82 bits per heavy atom. The molecular weight excluding hydrogens is 469 g/mol. The minimum Gasteiger partial charge on any atom is -0.406 e. The average molecular weight is 482 g/mol. The van der Waals surface area contributed by atoms with Crippen molar-refractivity contribution in [2.75, 3.05) is 5.32 Å². The van der Waals surface area contributed by atoms with Crippen LogP contribution in [0, 0.1) is 0 Å². The summed E-state index contributed by atoms with van der Waals surface area (Å²) in [6, 6.07) is 17.6. The number of aromatic nitrogens is 3. The molecule has 0 radical (unpaired) electrons. The number of carbonyl (C=O) groups excluding carboxylic acids is 1. The van der Waals surface area contributed by atoms with Crippen LogP contribution >= 0.6 is 11.3 Å². The van der Waals surface area contributed by atoms with Gasteiger partial charge in [0.25, 0.3) is 11.8 Å². The lowest BCUT2D eigenvalue weighted by atomic mass is 10.0. The number of hydrogen-bond acceptors (Lipinski definition) is 7. The second kappa shape index (κ2) is 8.60. The SMILES string of the molecule is O=C(Nc1nnc(-c2cccs2)o1)c1cc(-c2ccccc2)nc2ccc(OC(F)(F)F)cc12. The van der Waals surface area contributed by atoms with Crippen LogP contribution in [0.15, 0.2) is 76.5 Å². The molecule has 0 saturated carbocycles. The van der Waals surface area contributed by atoms with Gasteiger partial charge in [-0.1, -0.05) is 41.5 Å². The van der Waals surface area contributed by atoms with Crippen LogP contribution in [-0.2, 0) is 0 Å². The lowest BCUT2D eigenvalue weighted by Crippen LogP contribution is -2.17. The molecule has 0 unspecified atom stereocenters. The van der Waals surface area contributed by atoms with E-state index in [2.05, 4.69) is 25.2 Å². The summed E-state index contributed by atoms with van der Waals surface area (Å²) < 4.78 is 47.8. The summed E-state index contributed by atoms with van der Waals surface area (Å²) in [7, 11) is 0. The smallest absolute Gasteiger partial charge is 0.406 e. The van der Waals surface area contributed by atoms with E-state index in [0.717, 1.165) is 22.6 Å². The third kappa shape index (κ3) is 4.59. The van der Waals surface area contributed by atoms with Gasteiger partial charge in [0.1, 0.15) is 5.75 Å². The second-order valence-electron chi connectivity index (χ2n) is 6.99. The predicted molar refractivity (Wildman–Crippen MR) is 119 cm³/mol. The first kappa shape index (κ1) is 21.6. The van der Waals surface area contributed by atoms with Crippen LogP contribution < -0.4 is 10.1 Å². The number of thiophene rings is 1. The highest BCUT2D eigenvalue weighted by Crippen LogP contribution is 2.31. The second-order valence-corrected chi connectivity index (χ2v) is 7.94. The van der Waals surface area contributed by atoms with Crippen molar-refractivity contribution < 1.29 is 27.1 Å². The summed E-state index contributed by atoms with van der Waals surface area (Å²) in [5.74, 6) is -0.896. The number of benzene rings is 2. The molecule has 2 aromatic carbocycles. The van der Waals surface area contributed by atoms with Gasteiger partial charge in [0.05, 0.1) is 21.7 Å². The molecule has 3 aromatic heterocycles. The van der Waals surface area contributed by atoms with Gasteiger partial charge in [-0.25, -0.2) is 4.98 Å². The Labute approximate surface area is 193 Å². The van der Waals surface area contributed by atoms with E-state index in [1.165, 1.54) is 23.5 Å². The molecule has 0 atom stereocenters. The molecule has 0 fully saturated rings. The minimum absolute atomic E-state index is 0.0624. The number of nitrogens with zero attached hydrogens (tertiary/aromatic N) is 3. The third-order valence-electron chi connectivity index (χ3n) is 4.71. The predicted octanol–water partition coefficient (Wildman–Crippen LogP) is 6.16. The largest absolute Gasteiger partial charge is 0.573 e. The summed E-state index contributed by atoms with van der Waals surface area (Å²) in [6.07, 6.45) is -4.88. The summed E-state index contributed by atoms with van der Waals surface area (Å²) >= 11 is 1.39. The molecule has 7 nitrogen and oxygen atoms in total. The number of pyridine rings is 1. The molecule has 0 bridgehead atoms. The number of carbonyl (C=O) groups is 1. The summed E-state index contributed by atoms with van der Waals surface area (Å²) in [5, 5.41) is 12.3. The first-order valence-electron chi connectivity index (χ1n) is 9.80. The topological polar surface area (TPSA) is 90.1 Å². The molecule has 0 aliphatic carbocycles. The van der Waals surface area contributed by atoms with Gasteiger partial charge >= 0.3 is 12.4 Å². The highest BCUT2D eigenvalue weighted by molar-refractivity contribution is 7.13. The molecule has 170 valence electrons. The number of halogens is 3. The molecule has 1 amide bonds. The lowest BCUT2D eigenvalue weighted by molar-refractivity contribution is -0.274. The van der Waals surface area contributed by atoms with Crippen molar-refractivity contribution in [2.45, 2.75) is 6.36 Å². The Bertz CT molecular complexity index is 1470. The van der Waals surface area contributed by atoms with E-state index in [-0.39, 0.29) is 22.9 Å². The zero-order valence-electron chi connectivity index (χ0n) is 17.0. The standard InChI is InChI=1S/C23H13F3N4O3S/c24-23(25,26)33-14-8-9-17-15(11-14)16(12-18(27-17)13-5-2-1-3-6-13)20(31)28-22-30-29-21(32-22)19-7-4-10-34-19/h1-12H,(H,28,30,31). The van der Waals surface area contributed by atoms with Gasteiger partial charge in [-0.05, 0) is 35.7 Å². The van der Waals surface area contributed by atoms with E-state index >= 15 is 0 Å². The molecule has 1 N–H and O–H groups in total. The Morgan fingerprint density at radius 1 is 1.00 bits per heavy atom. The number of anilines is 1. The van der Waals surface area contributed by atoms with Crippen LogP contribution in [0.1, 0.15) is 10.4 Å². The van der Waals surface area contributed by atoms with Crippen LogP contribution in [0.25, 0.3) is 32.9 Å². The fraction of sp³-hybridized carbons (Fsp3) is 0.0435. The van der Waals surface area contributed by atoms with Crippen LogP contribution in [0.4, 0.5) is 19.2 Å². The summed E-state index contributed by atoms with van der Waals surface area (Å²) in [6.45, 7) is 0. The molecule has 0 aliphatic heterocycles. The van der Waals surface area contributed by atoms with E-state index < -0.39 is 18.0 Å². The monoisotopic (exact) mass is 482 g/mol. The molecule has 11 heteroatoms. The zero-order valence-corrected chi connectivity index (χ0v) is 17.9. The van der Waals surface area contributed by atoms with E-state index in [4.69, 9.17) is 4.42 Å². The van der Waals surface area contributed by atoms with Crippen molar-refractivity contribution in [1.29, 1.82) is 0 Å². The van der Waals surface area contributed by atoms with Crippen molar-refractivity contribution in [1.82, 2.24) is 15.2 Å². The van der Waals surface area contributed by atoms with Gasteiger partial charge in [0, 0.05) is 10.9 Å². The molecule has 34 heavy (non-hydrogen) atoms. The van der Waals surface area contributed by atoms with Gasteiger partial charge in [0.2, 0.25) is 0 Å². The number of ether oxygens (including phenoxy) is 1. The van der Waals surface area contributed by atoms with E-state index in [1.54, 1.807) is 6.07 Å². The maximum atomic E-state index is 13.2. The normalized spacial score (nSPS) is 11.5.